The molecule has 0 aromatic carbocycles. The summed E-state index contributed by atoms with van der Waals surface area (Å²) in [6, 6.07) is -0.554. The van der Waals surface area contributed by atoms with Crippen molar-refractivity contribution in [3.63, 3.8) is 0 Å². The maximum Gasteiger partial charge on any atom is 0.240 e. The number of nitrogens with two attached hydrogens (primary N) is 2. The largest absolute Gasteiger partial charge is 0.370 e. The Balaban J connectivity index is 2.58. The fraction of sp³-hybridized carbons (Fsp3) is 0.833. The van der Waals surface area contributed by atoms with E-state index in [0.29, 0.717) is 5.92 Å². The van der Waals surface area contributed by atoms with Crippen LogP contribution >= 0.6 is 0 Å². The van der Waals surface area contributed by atoms with Crippen molar-refractivity contribution in [2.75, 3.05) is 7.05 Å². The van der Waals surface area contributed by atoms with Gasteiger partial charge in [-0.3, -0.25) is 9.59 Å². The summed E-state index contributed by atoms with van der Waals surface area (Å²) in [7, 11) is 1.77. The molecule has 0 radical (unpaired) electrons. The highest BCUT2D eigenvalue weighted by atomic mass is 16.2. The molecule has 0 aromatic rings. The lowest BCUT2D eigenvalue weighted by Gasteiger charge is -2.37. The third kappa shape index (κ3) is 3.70. The highest BCUT2D eigenvalue weighted by Crippen LogP contribution is 2.27. The van der Waals surface area contributed by atoms with E-state index in [2.05, 4.69) is 6.92 Å². The monoisotopic (exact) mass is 241 g/mol. The first-order valence-electron chi connectivity index (χ1n) is 6.24. The van der Waals surface area contributed by atoms with E-state index in [-0.39, 0.29) is 18.4 Å². The van der Waals surface area contributed by atoms with E-state index in [4.69, 9.17) is 11.5 Å². The second-order valence-electron chi connectivity index (χ2n) is 5.06. The normalized spacial score (nSPS) is 26.3. The second-order valence-corrected chi connectivity index (χ2v) is 5.06. The van der Waals surface area contributed by atoms with E-state index in [0.717, 1.165) is 19.3 Å². The van der Waals surface area contributed by atoms with E-state index < -0.39 is 11.9 Å². The molecule has 98 valence electrons. The lowest BCUT2D eigenvalue weighted by atomic mass is 9.85. The van der Waals surface area contributed by atoms with Gasteiger partial charge in [-0.2, -0.15) is 0 Å². The third-order valence-corrected chi connectivity index (χ3v) is 3.65. The van der Waals surface area contributed by atoms with Gasteiger partial charge in [0.15, 0.2) is 0 Å². The lowest BCUT2D eigenvalue weighted by Crippen LogP contribution is -2.50. The van der Waals surface area contributed by atoms with Crippen LogP contribution in [0.3, 0.4) is 0 Å². The van der Waals surface area contributed by atoms with Crippen molar-refractivity contribution in [3.05, 3.63) is 0 Å². The van der Waals surface area contributed by atoms with Gasteiger partial charge >= 0.3 is 0 Å². The number of amides is 2. The molecule has 0 aliphatic heterocycles. The summed E-state index contributed by atoms with van der Waals surface area (Å²) < 4.78 is 0. The van der Waals surface area contributed by atoms with Gasteiger partial charge in [0.05, 0.1) is 12.5 Å². The number of primary amides is 1. The highest BCUT2D eigenvalue weighted by molar-refractivity contribution is 5.87. The first-order valence-corrected chi connectivity index (χ1v) is 6.24. The number of hydrogen-bond donors (Lipinski definition) is 2. The second kappa shape index (κ2) is 6.00. The lowest BCUT2D eigenvalue weighted by molar-refractivity contribution is -0.136. The van der Waals surface area contributed by atoms with Gasteiger partial charge in [-0.05, 0) is 18.8 Å². The number of hydrogen-bond acceptors (Lipinski definition) is 3. The van der Waals surface area contributed by atoms with Crippen molar-refractivity contribution in [1.29, 1.82) is 0 Å². The third-order valence-electron chi connectivity index (χ3n) is 3.65. The van der Waals surface area contributed by atoms with Crippen LogP contribution in [0.2, 0.25) is 0 Å². The molecule has 1 fully saturated rings. The van der Waals surface area contributed by atoms with Crippen molar-refractivity contribution in [2.45, 2.75) is 51.1 Å². The van der Waals surface area contributed by atoms with E-state index in [1.807, 2.05) is 0 Å². The summed E-state index contributed by atoms with van der Waals surface area (Å²) in [4.78, 5) is 24.5. The van der Waals surface area contributed by atoms with Gasteiger partial charge in [-0.25, -0.2) is 0 Å². The summed E-state index contributed by atoms with van der Waals surface area (Å²) in [5.41, 5.74) is 10.7. The van der Waals surface area contributed by atoms with Gasteiger partial charge in [-0.15, -0.1) is 0 Å². The summed E-state index contributed by atoms with van der Waals surface area (Å²) in [5, 5.41) is 0. The fourth-order valence-electron chi connectivity index (χ4n) is 2.60. The maximum absolute atomic E-state index is 12.0. The van der Waals surface area contributed by atoms with Crippen LogP contribution in [0.25, 0.3) is 0 Å². The van der Waals surface area contributed by atoms with E-state index in [9.17, 15) is 9.59 Å². The maximum atomic E-state index is 12.0. The van der Waals surface area contributed by atoms with Gasteiger partial charge in [0.2, 0.25) is 11.8 Å². The smallest absolute Gasteiger partial charge is 0.240 e. The fourth-order valence-corrected chi connectivity index (χ4v) is 2.60. The first kappa shape index (κ1) is 14.0. The molecule has 3 unspecified atom stereocenters. The summed E-state index contributed by atoms with van der Waals surface area (Å²) in [5.74, 6) is -0.211. The summed E-state index contributed by atoms with van der Waals surface area (Å²) >= 11 is 0. The van der Waals surface area contributed by atoms with Gasteiger partial charge in [-0.1, -0.05) is 19.8 Å². The van der Waals surface area contributed by atoms with Crippen LogP contribution in [0, 0.1) is 5.92 Å². The molecule has 0 heterocycles. The first-order chi connectivity index (χ1) is 7.93. The van der Waals surface area contributed by atoms with Crippen LogP contribution < -0.4 is 11.5 Å². The van der Waals surface area contributed by atoms with Gasteiger partial charge in [0.25, 0.3) is 0 Å². The zero-order valence-electron chi connectivity index (χ0n) is 10.7. The van der Waals surface area contributed by atoms with Crippen molar-refractivity contribution in [1.82, 2.24) is 4.90 Å². The molecular formula is C12H23N3O2. The van der Waals surface area contributed by atoms with E-state index >= 15 is 0 Å². The molecule has 0 bridgehead atoms. The average molecular weight is 241 g/mol. The van der Waals surface area contributed by atoms with Crippen LogP contribution in [-0.2, 0) is 9.59 Å². The van der Waals surface area contributed by atoms with Crippen LogP contribution in [-0.4, -0.2) is 35.8 Å². The zero-order chi connectivity index (χ0) is 13.0. The zero-order valence-corrected chi connectivity index (χ0v) is 10.7. The molecule has 0 spiro atoms. The van der Waals surface area contributed by atoms with Crippen LogP contribution in [0.5, 0.6) is 0 Å². The van der Waals surface area contributed by atoms with Crippen molar-refractivity contribution in [2.24, 2.45) is 17.4 Å². The van der Waals surface area contributed by atoms with E-state index in [1.165, 1.54) is 6.42 Å². The van der Waals surface area contributed by atoms with Gasteiger partial charge in [0.1, 0.15) is 0 Å². The van der Waals surface area contributed by atoms with Gasteiger partial charge in [0, 0.05) is 13.1 Å². The Bertz CT molecular complexity index is 293. The Labute approximate surface area is 103 Å². The molecule has 4 N–H and O–H groups in total. The van der Waals surface area contributed by atoms with E-state index in [1.54, 1.807) is 11.9 Å². The average Bonchev–Trinajstić information content (AvgIpc) is 2.27. The molecule has 2 amide bonds. The molecule has 3 atom stereocenters. The highest BCUT2D eigenvalue weighted by Gasteiger charge is 2.30. The molecule has 1 aliphatic carbocycles. The minimum atomic E-state index is -0.799. The molecule has 5 nitrogen and oxygen atoms in total. The molecule has 0 aromatic heterocycles. The number of rotatable bonds is 4. The molecule has 17 heavy (non-hydrogen) atoms. The van der Waals surface area contributed by atoms with Crippen LogP contribution in [0.1, 0.15) is 39.0 Å². The number of nitrogens with zero attached hydrogens (tertiary/aromatic N) is 1. The number of carbonyl (C=O) groups is 2. The van der Waals surface area contributed by atoms with Crippen molar-refractivity contribution < 1.29 is 9.59 Å². The van der Waals surface area contributed by atoms with Crippen LogP contribution in [0.15, 0.2) is 0 Å². The predicted molar refractivity (Wildman–Crippen MR) is 66.0 cm³/mol. The molecular weight excluding hydrogens is 218 g/mol. The summed E-state index contributed by atoms with van der Waals surface area (Å²) in [6.07, 6.45) is 4.47. The predicted octanol–water partition coefficient (Wildman–Crippen LogP) is 0.226. The minimum absolute atomic E-state index is 0.0791. The number of carbonyl (C=O) groups excluding carboxylic acids is 2. The molecule has 1 rings (SSSR count). The Kier molecular flexibility index (Phi) is 4.93. The van der Waals surface area contributed by atoms with Crippen molar-refractivity contribution in [3.8, 4) is 0 Å². The quantitative estimate of drug-likeness (QED) is 0.738. The topological polar surface area (TPSA) is 89.4 Å². The molecule has 1 saturated carbocycles. The Morgan fingerprint density at radius 1 is 1.35 bits per heavy atom. The van der Waals surface area contributed by atoms with Crippen LogP contribution in [0.4, 0.5) is 0 Å². The number of likely N-dealkylation sites (N-methyl/N-ethyl adjacent to an activating group) is 1. The van der Waals surface area contributed by atoms with Crippen molar-refractivity contribution >= 4 is 11.8 Å². The van der Waals surface area contributed by atoms with Gasteiger partial charge < -0.3 is 16.4 Å². The Morgan fingerprint density at radius 2 is 1.94 bits per heavy atom. The summed E-state index contributed by atoms with van der Waals surface area (Å²) in [6.45, 7) is 2.16. The standard InChI is InChI=1S/C12H23N3O2/c1-8-5-3-4-6-10(8)15(2)12(17)9(13)7-11(14)16/h8-10H,3-7,13H2,1-2H3,(H2,14,16). The molecule has 5 heteroatoms. The Morgan fingerprint density at radius 3 is 2.47 bits per heavy atom. The molecule has 1 aliphatic rings. The SMILES string of the molecule is CC1CCCCC1N(C)C(=O)C(N)CC(N)=O. The Hall–Kier alpha value is -1.10. The molecule has 0 saturated heterocycles. The minimum Gasteiger partial charge on any atom is -0.370 e.